The smallest absolute Gasteiger partial charge is 0.212 e. The van der Waals surface area contributed by atoms with Gasteiger partial charge in [0.05, 0.1) is 11.4 Å². The lowest BCUT2D eigenvalue weighted by molar-refractivity contribution is 0.624. The minimum absolute atomic E-state index is 0.537. The zero-order valence-electron chi connectivity index (χ0n) is 12.4. The Morgan fingerprint density at radius 3 is 2.43 bits per heavy atom. The van der Waals surface area contributed by atoms with Crippen molar-refractivity contribution in [1.82, 2.24) is 14.6 Å². The van der Waals surface area contributed by atoms with Gasteiger partial charge in [0.1, 0.15) is 5.01 Å². The van der Waals surface area contributed by atoms with Gasteiger partial charge in [-0.15, -0.1) is 0 Å². The van der Waals surface area contributed by atoms with Gasteiger partial charge < -0.3 is 0 Å². The van der Waals surface area contributed by atoms with Gasteiger partial charge in [-0.1, -0.05) is 48.9 Å². The van der Waals surface area contributed by atoms with Gasteiger partial charge >= 0.3 is 0 Å². The molecule has 0 N–H and O–H groups in total. The van der Waals surface area contributed by atoms with Gasteiger partial charge in [0, 0.05) is 16.5 Å². The number of hydrogen-bond acceptors (Lipinski definition) is 3. The van der Waals surface area contributed by atoms with Crippen LogP contribution in [-0.2, 0) is 0 Å². The van der Waals surface area contributed by atoms with Crippen molar-refractivity contribution in [2.24, 2.45) is 0 Å². The maximum atomic E-state index is 5.95. The Bertz CT molecular complexity index is 754. The molecule has 0 aliphatic rings. The molecule has 0 bridgehead atoms. The molecule has 0 amide bonds. The van der Waals surface area contributed by atoms with Crippen LogP contribution in [0, 0.1) is 6.92 Å². The number of aryl methyl sites for hydroxylation is 1. The van der Waals surface area contributed by atoms with Crippen molar-refractivity contribution in [3.63, 3.8) is 0 Å². The molecule has 21 heavy (non-hydrogen) atoms. The van der Waals surface area contributed by atoms with Crippen LogP contribution in [0.25, 0.3) is 16.2 Å². The highest BCUT2D eigenvalue weighted by Crippen LogP contribution is 2.31. The summed E-state index contributed by atoms with van der Waals surface area (Å²) in [6.45, 7) is 6.50. The second-order valence-electron chi connectivity index (χ2n) is 5.20. The van der Waals surface area contributed by atoms with E-state index >= 15 is 0 Å². The summed E-state index contributed by atoms with van der Waals surface area (Å²) >= 11 is 7.65. The third-order valence-electron chi connectivity index (χ3n) is 3.90. The Hall–Kier alpha value is -1.39. The molecule has 0 saturated heterocycles. The molecule has 0 saturated carbocycles. The van der Waals surface area contributed by atoms with Crippen molar-refractivity contribution in [2.75, 3.05) is 0 Å². The molecule has 1 aromatic carbocycles. The van der Waals surface area contributed by atoms with Gasteiger partial charge in [-0.2, -0.15) is 5.10 Å². The number of hydrogen-bond donors (Lipinski definition) is 0. The molecule has 0 unspecified atom stereocenters. The van der Waals surface area contributed by atoms with Crippen molar-refractivity contribution in [3.8, 4) is 11.3 Å². The van der Waals surface area contributed by atoms with E-state index in [-0.39, 0.29) is 0 Å². The van der Waals surface area contributed by atoms with Gasteiger partial charge in [-0.3, -0.25) is 0 Å². The number of benzene rings is 1. The van der Waals surface area contributed by atoms with E-state index in [1.165, 1.54) is 5.01 Å². The molecule has 2 heterocycles. The highest BCUT2D eigenvalue weighted by atomic mass is 35.5. The molecular weight excluding hydrogens is 302 g/mol. The molecule has 0 spiro atoms. The summed E-state index contributed by atoms with van der Waals surface area (Å²) in [5, 5.41) is 6.69. The molecule has 3 nitrogen and oxygen atoms in total. The highest BCUT2D eigenvalue weighted by Gasteiger charge is 2.18. The second kappa shape index (κ2) is 5.78. The Balaban J connectivity index is 2.05. The molecule has 5 heteroatoms. The number of imidazole rings is 1. The van der Waals surface area contributed by atoms with Crippen molar-refractivity contribution in [3.05, 3.63) is 40.0 Å². The molecule has 0 atom stereocenters. The third-order valence-corrected chi connectivity index (χ3v) is 5.22. The molecule has 0 aliphatic carbocycles. The number of fused-ring (bicyclic) bond motifs is 1. The first-order valence-corrected chi connectivity index (χ1v) is 8.45. The lowest BCUT2D eigenvalue weighted by Gasteiger charge is -2.06. The first kappa shape index (κ1) is 14.5. The largest absolute Gasteiger partial charge is 0.217 e. The van der Waals surface area contributed by atoms with Gasteiger partial charge in [0.2, 0.25) is 4.96 Å². The van der Waals surface area contributed by atoms with Crippen LogP contribution in [0.3, 0.4) is 0 Å². The summed E-state index contributed by atoms with van der Waals surface area (Å²) in [5.41, 5.74) is 3.15. The minimum atomic E-state index is 0.537. The first-order chi connectivity index (χ1) is 10.1. The van der Waals surface area contributed by atoms with E-state index in [0.717, 1.165) is 39.8 Å². The summed E-state index contributed by atoms with van der Waals surface area (Å²) in [6.07, 6.45) is 2.24. The summed E-state index contributed by atoms with van der Waals surface area (Å²) in [4.78, 5) is 5.73. The van der Waals surface area contributed by atoms with Crippen molar-refractivity contribution in [1.29, 1.82) is 0 Å². The first-order valence-electron chi connectivity index (χ1n) is 7.26. The van der Waals surface area contributed by atoms with Gasteiger partial charge in [0.15, 0.2) is 0 Å². The molecule has 3 rings (SSSR count). The predicted molar refractivity (Wildman–Crippen MR) is 89.4 cm³/mol. The zero-order valence-corrected chi connectivity index (χ0v) is 14.0. The minimum Gasteiger partial charge on any atom is -0.217 e. The van der Waals surface area contributed by atoms with E-state index in [0.29, 0.717) is 5.92 Å². The lowest BCUT2D eigenvalue weighted by Crippen LogP contribution is -1.97. The van der Waals surface area contributed by atoms with E-state index in [9.17, 15) is 0 Å². The van der Waals surface area contributed by atoms with Gasteiger partial charge in [0.25, 0.3) is 0 Å². The number of halogens is 1. The monoisotopic (exact) mass is 319 g/mol. The summed E-state index contributed by atoms with van der Waals surface area (Å²) in [6, 6.07) is 7.80. The second-order valence-corrected chi connectivity index (χ2v) is 6.62. The van der Waals surface area contributed by atoms with Crippen molar-refractivity contribution in [2.45, 2.75) is 39.5 Å². The van der Waals surface area contributed by atoms with Crippen LogP contribution in [0.1, 0.15) is 43.3 Å². The molecule has 0 radical (unpaired) electrons. The normalized spacial score (nSPS) is 11.7. The molecule has 0 fully saturated rings. The van der Waals surface area contributed by atoms with Crippen LogP contribution in [0.15, 0.2) is 24.3 Å². The van der Waals surface area contributed by atoms with E-state index in [4.69, 9.17) is 21.7 Å². The Labute approximate surface area is 133 Å². The molecule has 2 aromatic heterocycles. The van der Waals surface area contributed by atoms with Gasteiger partial charge in [-0.25, -0.2) is 9.50 Å². The SMILES string of the molecule is CCC(CC)c1nn2c(C)c(-c3ccc(Cl)cc3)nc2s1. The number of aromatic nitrogens is 3. The van der Waals surface area contributed by atoms with Crippen molar-refractivity contribution >= 4 is 27.9 Å². The summed E-state index contributed by atoms with van der Waals surface area (Å²) in [5.74, 6) is 0.537. The maximum absolute atomic E-state index is 5.95. The van der Waals surface area contributed by atoms with Crippen LogP contribution in [0.2, 0.25) is 5.02 Å². The maximum Gasteiger partial charge on any atom is 0.212 e. The van der Waals surface area contributed by atoms with Crippen LogP contribution in [-0.4, -0.2) is 14.6 Å². The molecule has 110 valence electrons. The van der Waals surface area contributed by atoms with Crippen LogP contribution < -0.4 is 0 Å². The van der Waals surface area contributed by atoms with E-state index in [2.05, 4.69) is 20.8 Å². The standard InChI is InChI=1S/C16H18ClN3S/c1-4-11(5-2)15-19-20-10(3)14(18-16(20)21-15)12-6-8-13(17)9-7-12/h6-9,11H,4-5H2,1-3H3. The van der Waals surface area contributed by atoms with Gasteiger partial charge in [-0.05, 0) is 31.9 Å². The number of nitrogens with zero attached hydrogens (tertiary/aromatic N) is 3. The van der Waals surface area contributed by atoms with Crippen molar-refractivity contribution < 1.29 is 0 Å². The summed E-state index contributed by atoms with van der Waals surface area (Å²) < 4.78 is 1.97. The third kappa shape index (κ3) is 2.58. The Morgan fingerprint density at radius 2 is 1.86 bits per heavy atom. The fourth-order valence-corrected chi connectivity index (χ4v) is 3.88. The zero-order chi connectivity index (χ0) is 15.0. The quantitative estimate of drug-likeness (QED) is 0.651. The average molecular weight is 320 g/mol. The lowest BCUT2D eigenvalue weighted by atomic mass is 10.1. The van der Waals surface area contributed by atoms with E-state index in [1.807, 2.05) is 28.8 Å². The fraction of sp³-hybridized carbons (Fsp3) is 0.375. The topological polar surface area (TPSA) is 30.2 Å². The van der Waals surface area contributed by atoms with E-state index < -0.39 is 0 Å². The average Bonchev–Trinajstić information content (AvgIpc) is 3.02. The van der Waals surface area contributed by atoms with Crippen LogP contribution in [0.5, 0.6) is 0 Å². The summed E-state index contributed by atoms with van der Waals surface area (Å²) in [7, 11) is 0. The Morgan fingerprint density at radius 1 is 1.19 bits per heavy atom. The Kier molecular flexibility index (Phi) is 4.00. The highest BCUT2D eigenvalue weighted by molar-refractivity contribution is 7.16. The van der Waals surface area contributed by atoms with Crippen LogP contribution in [0.4, 0.5) is 0 Å². The van der Waals surface area contributed by atoms with E-state index in [1.54, 1.807) is 11.3 Å². The molecule has 0 aliphatic heterocycles. The van der Waals surface area contributed by atoms with Crippen LogP contribution >= 0.6 is 22.9 Å². The molecular formula is C16H18ClN3S. The predicted octanol–water partition coefficient (Wildman–Crippen LogP) is 5.32. The fourth-order valence-electron chi connectivity index (χ4n) is 2.55. The number of rotatable bonds is 4. The molecule has 3 aromatic rings.